The molecule has 6 nitrogen and oxygen atoms in total. The maximum atomic E-state index is 13.0. The van der Waals surface area contributed by atoms with Crippen LogP contribution in [-0.2, 0) is 6.54 Å². The SMILES string of the molecule is C[C@@H](O)c1cccc(NC(=O)c2ccc(N3CCCN(Cc4ccccc4)C3=O)cc2)c1. The third-order valence-corrected chi connectivity index (χ3v) is 5.60. The molecule has 0 aromatic heterocycles. The van der Waals surface area contributed by atoms with Crippen molar-refractivity contribution in [3.63, 3.8) is 0 Å². The Labute approximate surface area is 188 Å². The Morgan fingerprint density at radius 2 is 1.75 bits per heavy atom. The molecule has 1 aliphatic rings. The molecule has 6 heteroatoms. The van der Waals surface area contributed by atoms with Gasteiger partial charge in [-0.1, -0.05) is 42.5 Å². The van der Waals surface area contributed by atoms with E-state index in [-0.39, 0.29) is 11.9 Å². The van der Waals surface area contributed by atoms with Crippen LogP contribution in [0.2, 0.25) is 0 Å². The van der Waals surface area contributed by atoms with E-state index in [0.29, 0.717) is 24.3 Å². The van der Waals surface area contributed by atoms with Gasteiger partial charge in [-0.15, -0.1) is 0 Å². The number of hydrogen-bond donors (Lipinski definition) is 2. The zero-order chi connectivity index (χ0) is 22.5. The number of benzene rings is 3. The number of aliphatic hydroxyl groups is 1. The third kappa shape index (κ3) is 4.98. The second-order valence-corrected chi connectivity index (χ2v) is 8.00. The number of aliphatic hydroxyl groups excluding tert-OH is 1. The molecule has 0 radical (unpaired) electrons. The van der Waals surface area contributed by atoms with Crippen LogP contribution in [0.3, 0.4) is 0 Å². The van der Waals surface area contributed by atoms with Crippen LogP contribution in [0.15, 0.2) is 78.9 Å². The topological polar surface area (TPSA) is 72.9 Å². The highest BCUT2D eigenvalue weighted by Gasteiger charge is 2.26. The number of nitrogens with zero attached hydrogens (tertiary/aromatic N) is 2. The molecule has 1 saturated heterocycles. The number of amides is 3. The van der Waals surface area contributed by atoms with E-state index in [0.717, 1.165) is 29.8 Å². The summed E-state index contributed by atoms with van der Waals surface area (Å²) in [6.45, 7) is 3.66. The van der Waals surface area contributed by atoms with E-state index in [1.54, 1.807) is 42.2 Å². The van der Waals surface area contributed by atoms with Gasteiger partial charge in [0.2, 0.25) is 0 Å². The first-order chi connectivity index (χ1) is 15.5. The summed E-state index contributed by atoms with van der Waals surface area (Å²) >= 11 is 0. The van der Waals surface area contributed by atoms with Crippen LogP contribution in [0.4, 0.5) is 16.2 Å². The fraction of sp³-hybridized carbons (Fsp3) is 0.231. The lowest BCUT2D eigenvalue weighted by atomic mass is 10.1. The molecule has 1 heterocycles. The molecule has 0 spiro atoms. The first-order valence-electron chi connectivity index (χ1n) is 10.8. The molecule has 0 saturated carbocycles. The van der Waals surface area contributed by atoms with Crippen LogP contribution in [0.25, 0.3) is 0 Å². The minimum atomic E-state index is -0.602. The van der Waals surface area contributed by atoms with Crippen molar-refractivity contribution in [2.24, 2.45) is 0 Å². The number of nitrogens with one attached hydrogen (secondary N) is 1. The standard InChI is InChI=1S/C26H27N3O3/c1-19(30)22-9-5-10-23(17-22)27-25(31)21-11-13-24(14-12-21)29-16-6-15-28(26(29)32)18-20-7-3-2-4-8-20/h2-5,7-14,17,19,30H,6,15-16,18H2,1H3,(H,27,31)/t19-/m1/s1. The number of anilines is 2. The Bertz CT molecular complexity index is 1080. The zero-order valence-corrected chi connectivity index (χ0v) is 18.1. The van der Waals surface area contributed by atoms with Crippen LogP contribution in [0.1, 0.15) is 40.9 Å². The van der Waals surface area contributed by atoms with E-state index in [4.69, 9.17) is 0 Å². The van der Waals surface area contributed by atoms with Crippen LogP contribution in [0, 0.1) is 0 Å². The largest absolute Gasteiger partial charge is 0.389 e. The van der Waals surface area contributed by atoms with Crippen LogP contribution in [0.5, 0.6) is 0 Å². The average molecular weight is 430 g/mol. The Morgan fingerprint density at radius 1 is 1.00 bits per heavy atom. The number of rotatable bonds is 6. The fourth-order valence-corrected chi connectivity index (χ4v) is 3.84. The van der Waals surface area contributed by atoms with Gasteiger partial charge in [-0.05, 0) is 60.9 Å². The summed E-state index contributed by atoms with van der Waals surface area (Å²) in [5, 5.41) is 12.6. The van der Waals surface area contributed by atoms with E-state index in [9.17, 15) is 14.7 Å². The number of carbonyl (C=O) groups is 2. The summed E-state index contributed by atoms with van der Waals surface area (Å²) in [6.07, 6.45) is 0.287. The first kappa shape index (κ1) is 21.6. The highest BCUT2D eigenvalue weighted by molar-refractivity contribution is 6.04. The number of urea groups is 1. The highest BCUT2D eigenvalue weighted by Crippen LogP contribution is 2.23. The van der Waals surface area contributed by atoms with E-state index >= 15 is 0 Å². The fourth-order valence-electron chi connectivity index (χ4n) is 3.84. The van der Waals surface area contributed by atoms with Gasteiger partial charge in [0.05, 0.1) is 6.10 Å². The maximum Gasteiger partial charge on any atom is 0.324 e. The first-order valence-corrected chi connectivity index (χ1v) is 10.8. The van der Waals surface area contributed by atoms with Crippen LogP contribution < -0.4 is 10.2 Å². The molecule has 0 aliphatic carbocycles. The van der Waals surface area contributed by atoms with Gasteiger partial charge >= 0.3 is 6.03 Å². The molecule has 3 aromatic carbocycles. The van der Waals surface area contributed by atoms with E-state index in [2.05, 4.69) is 5.32 Å². The van der Waals surface area contributed by atoms with Gasteiger partial charge in [0.1, 0.15) is 0 Å². The molecule has 1 atom stereocenters. The van der Waals surface area contributed by atoms with Crippen molar-refractivity contribution in [3.05, 3.63) is 95.6 Å². The zero-order valence-electron chi connectivity index (χ0n) is 18.1. The smallest absolute Gasteiger partial charge is 0.324 e. The van der Waals surface area contributed by atoms with E-state index in [1.165, 1.54) is 0 Å². The normalized spacial score (nSPS) is 14.9. The molecular formula is C26H27N3O3. The van der Waals surface area contributed by atoms with E-state index < -0.39 is 6.10 Å². The lowest BCUT2D eigenvalue weighted by Crippen LogP contribution is -2.49. The minimum absolute atomic E-state index is 0.0211. The molecule has 0 bridgehead atoms. The van der Waals surface area contributed by atoms with Crippen molar-refractivity contribution in [2.45, 2.75) is 26.0 Å². The summed E-state index contributed by atoms with van der Waals surface area (Å²) in [5.74, 6) is -0.241. The third-order valence-electron chi connectivity index (χ3n) is 5.60. The molecule has 3 aromatic rings. The van der Waals surface area contributed by atoms with Crippen molar-refractivity contribution >= 4 is 23.3 Å². The van der Waals surface area contributed by atoms with Crippen molar-refractivity contribution in [1.82, 2.24) is 4.90 Å². The highest BCUT2D eigenvalue weighted by atomic mass is 16.3. The lowest BCUT2D eigenvalue weighted by Gasteiger charge is -2.35. The molecule has 1 aliphatic heterocycles. The summed E-state index contributed by atoms with van der Waals surface area (Å²) < 4.78 is 0. The Balaban J connectivity index is 1.43. The summed E-state index contributed by atoms with van der Waals surface area (Å²) in [6, 6.07) is 24.2. The van der Waals surface area contributed by atoms with Crippen molar-refractivity contribution in [2.75, 3.05) is 23.3 Å². The van der Waals surface area contributed by atoms with Crippen LogP contribution >= 0.6 is 0 Å². The molecule has 32 heavy (non-hydrogen) atoms. The summed E-state index contributed by atoms with van der Waals surface area (Å²) in [5.41, 5.74) is 3.75. The predicted molar refractivity (Wildman–Crippen MR) is 126 cm³/mol. The van der Waals surface area contributed by atoms with Gasteiger partial charge in [0.25, 0.3) is 5.91 Å². The minimum Gasteiger partial charge on any atom is -0.389 e. The van der Waals surface area contributed by atoms with Crippen molar-refractivity contribution in [1.29, 1.82) is 0 Å². The van der Waals surface area contributed by atoms with Gasteiger partial charge in [0, 0.05) is 36.6 Å². The van der Waals surface area contributed by atoms with E-state index in [1.807, 2.05) is 53.4 Å². The summed E-state index contributed by atoms with van der Waals surface area (Å²) in [4.78, 5) is 29.3. The second kappa shape index (κ2) is 9.66. The average Bonchev–Trinajstić information content (AvgIpc) is 2.81. The number of carbonyl (C=O) groups excluding carboxylic acids is 2. The maximum absolute atomic E-state index is 13.0. The quantitative estimate of drug-likeness (QED) is 0.590. The Kier molecular flexibility index (Phi) is 6.52. The molecule has 4 rings (SSSR count). The van der Waals surface area contributed by atoms with Crippen molar-refractivity contribution < 1.29 is 14.7 Å². The molecule has 164 valence electrons. The second-order valence-electron chi connectivity index (χ2n) is 8.00. The van der Waals surface area contributed by atoms with Gasteiger partial charge in [-0.3, -0.25) is 9.69 Å². The lowest BCUT2D eigenvalue weighted by molar-refractivity contribution is 0.102. The van der Waals surface area contributed by atoms with Crippen LogP contribution in [-0.4, -0.2) is 35.0 Å². The van der Waals surface area contributed by atoms with Gasteiger partial charge in [-0.2, -0.15) is 0 Å². The predicted octanol–water partition coefficient (Wildman–Crippen LogP) is 4.82. The Hall–Kier alpha value is -3.64. The molecule has 1 fully saturated rings. The summed E-state index contributed by atoms with van der Waals surface area (Å²) in [7, 11) is 0. The number of hydrogen-bond acceptors (Lipinski definition) is 3. The Morgan fingerprint density at radius 3 is 2.47 bits per heavy atom. The molecule has 3 amide bonds. The molecule has 2 N–H and O–H groups in total. The van der Waals surface area contributed by atoms with Gasteiger partial charge in [-0.25, -0.2) is 4.79 Å². The monoisotopic (exact) mass is 429 g/mol. The molecular weight excluding hydrogens is 402 g/mol. The molecule has 0 unspecified atom stereocenters. The van der Waals surface area contributed by atoms with Crippen molar-refractivity contribution in [3.8, 4) is 0 Å². The van der Waals surface area contributed by atoms with Gasteiger partial charge < -0.3 is 15.3 Å². The van der Waals surface area contributed by atoms with Gasteiger partial charge in [0.15, 0.2) is 0 Å².